The highest BCUT2D eigenvalue weighted by Crippen LogP contribution is 2.32. The molecule has 0 aliphatic rings. The monoisotopic (exact) mass is 450 g/mol. The van der Waals surface area contributed by atoms with Crippen LogP contribution >= 0.6 is 0 Å². The minimum Gasteiger partial charge on any atom is -0.457 e. The Bertz CT molecular complexity index is 1390. The van der Waals surface area contributed by atoms with Crippen molar-refractivity contribution in [2.75, 3.05) is 11.6 Å². The highest BCUT2D eigenvalue weighted by molar-refractivity contribution is 7.90. The van der Waals surface area contributed by atoms with Crippen molar-refractivity contribution in [3.8, 4) is 11.5 Å². The van der Waals surface area contributed by atoms with E-state index in [4.69, 9.17) is 4.74 Å². The average Bonchev–Trinajstić information content (AvgIpc) is 3.19. The maximum atomic E-state index is 12.9. The molecule has 2 heterocycles. The number of amides is 1. The number of hydrogen-bond acceptors (Lipinski definition) is 6. The van der Waals surface area contributed by atoms with Crippen molar-refractivity contribution in [1.29, 1.82) is 0 Å². The lowest BCUT2D eigenvalue weighted by Gasteiger charge is -2.10. The molecule has 0 aliphatic carbocycles. The number of ether oxygens (including phenoxy) is 1. The van der Waals surface area contributed by atoms with Gasteiger partial charge < -0.3 is 10.1 Å². The number of aryl methyl sites for hydroxylation is 2. The molecule has 0 unspecified atom stereocenters. The SMILES string of the molecule is CCn1cc2c(Oc3ccc(S(C)(=O)=O)cc3)cc(C(=O)Nc3ccc(C)cn3)cc2n1. The van der Waals surface area contributed by atoms with Gasteiger partial charge in [-0.3, -0.25) is 9.48 Å². The van der Waals surface area contributed by atoms with Crippen molar-refractivity contribution in [1.82, 2.24) is 14.8 Å². The van der Waals surface area contributed by atoms with Gasteiger partial charge in [-0.1, -0.05) is 6.07 Å². The van der Waals surface area contributed by atoms with Crippen LogP contribution in [0.3, 0.4) is 0 Å². The van der Waals surface area contributed by atoms with Gasteiger partial charge in [0, 0.05) is 30.8 Å². The van der Waals surface area contributed by atoms with Gasteiger partial charge in [-0.05, 0) is 61.9 Å². The molecule has 1 N–H and O–H groups in total. The van der Waals surface area contributed by atoms with Crippen LogP contribution in [0.2, 0.25) is 0 Å². The Labute approximate surface area is 185 Å². The first-order valence-electron chi connectivity index (χ1n) is 9.96. The third kappa shape index (κ3) is 4.62. The number of pyridine rings is 1. The van der Waals surface area contributed by atoms with Gasteiger partial charge in [0.05, 0.1) is 15.8 Å². The van der Waals surface area contributed by atoms with Crippen molar-refractivity contribution < 1.29 is 17.9 Å². The van der Waals surface area contributed by atoms with Gasteiger partial charge in [0.15, 0.2) is 9.84 Å². The highest BCUT2D eigenvalue weighted by atomic mass is 32.2. The van der Waals surface area contributed by atoms with Crippen molar-refractivity contribution in [3.63, 3.8) is 0 Å². The molecular formula is C23H22N4O4S. The van der Waals surface area contributed by atoms with E-state index in [9.17, 15) is 13.2 Å². The van der Waals surface area contributed by atoms with Gasteiger partial charge in [-0.2, -0.15) is 5.10 Å². The third-order valence-corrected chi connectivity index (χ3v) is 5.98. The molecule has 0 saturated heterocycles. The maximum absolute atomic E-state index is 12.9. The first-order chi connectivity index (χ1) is 15.2. The number of rotatable bonds is 6. The fourth-order valence-electron chi connectivity index (χ4n) is 3.13. The molecule has 2 aromatic carbocycles. The molecule has 8 nitrogen and oxygen atoms in total. The van der Waals surface area contributed by atoms with Crippen molar-refractivity contribution in [2.24, 2.45) is 0 Å². The van der Waals surface area contributed by atoms with Gasteiger partial charge in [0.25, 0.3) is 5.91 Å². The molecule has 164 valence electrons. The van der Waals surface area contributed by atoms with E-state index in [0.717, 1.165) is 17.2 Å². The maximum Gasteiger partial charge on any atom is 0.257 e. The summed E-state index contributed by atoms with van der Waals surface area (Å²) in [4.78, 5) is 17.3. The molecule has 0 bridgehead atoms. The van der Waals surface area contributed by atoms with E-state index < -0.39 is 9.84 Å². The summed E-state index contributed by atoms with van der Waals surface area (Å²) in [5.41, 5.74) is 1.97. The summed E-state index contributed by atoms with van der Waals surface area (Å²) in [6.45, 7) is 4.54. The molecule has 1 amide bonds. The summed E-state index contributed by atoms with van der Waals surface area (Å²) in [7, 11) is -3.31. The number of carbonyl (C=O) groups is 1. The van der Waals surface area contributed by atoms with E-state index >= 15 is 0 Å². The van der Waals surface area contributed by atoms with Crippen LogP contribution in [0.25, 0.3) is 10.9 Å². The highest BCUT2D eigenvalue weighted by Gasteiger charge is 2.16. The molecule has 4 aromatic rings. The summed E-state index contributed by atoms with van der Waals surface area (Å²) in [5.74, 6) is 0.988. The van der Waals surface area contributed by atoms with Gasteiger partial charge in [0.1, 0.15) is 17.3 Å². The molecule has 2 aromatic heterocycles. The third-order valence-electron chi connectivity index (χ3n) is 4.85. The topological polar surface area (TPSA) is 103 Å². The van der Waals surface area contributed by atoms with E-state index in [0.29, 0.717) is 34.9 Å². The summed E-state index contributed by atoms with van der Waals surface area (Å²) < 4.78 is 31.2. The lowest BCUT2D eigenvalue weighted by molar-refractivity contribution is 0.102. The Morgan fingerprint density at radius 3 is 2.50 bits per heavy atom. The molecule has 0 atom stereocenters. The molecule has 0 fully saturated rings. The molecule has 4 rings (SSSR count). The lowest BCUT2D eigenvalue weighted by atomic mass is 10.1. The van der Waals surface area contributed by atoms with Gasteiger partial charge in [0.2, 0.25) is 0 Å². The zero-order valence-corrected chi connectivity index (χ0v) is 18.7. The Morgan fingerprint density at radius 2 is 1.88 bits per heavy atom. The Balaban J connectivity index is 1.69. The Kier molecular flexibility index (Phi) is 5.67. The summed E-state index contributed by atoms with van der Waals surface area (Å²) >= 11 is 0. The average molecular weight is 451 g/mol. The molecule has 0 spiro atoms. The van der Waals surface area contributed by atoms with Crippen LogP contribution < -0.4 is 10.1 Å². The van der Waals surface area contributed by atoms with Crippen LogP contribution in [0.4, 0.5) is 5.82 Å². The van der Waals surface area contributed by atoms with E-state index in [1.165, 1.54) is 12.1 Å². The first kappa shape index (κ1) is 21.5. The van der Waals surface area contributed by atoms with Crippen LogP contribution in [0, 0.1) is 6.92 Å². The van der Waals surface area contributed by atoms with Gasteiger partial charge in [-0.25, -0.2) is 13.4 Å². The zero-order valence-electron chi connectivity index (χ0n) is 17.9. The Hall–Kier alpha value is -3.72. The summed E-state index contributed by atoms with van der Waals surface area (Å²) in [5, 5.41) is 8.02. The molecule has 0 aliphatic heterocycles. The van der Waals surface area contributed by atoms with Crippen LogP contribution in [0.15, 0.2) is 65.8 Å². The van der Waals surface area contributed by atoms with Gasteiger partial charge >= 0.3 is 0 Å². The molecule has 9 heteroatoms. The van der Waals surface area contributed by atoms with Crippen LogP contribution in [0.1, 0.15) is 22.8 Å². The summed E-state index contributed by atoms with van der Waals surface area (Å²) in [6, 6.07) is 13.1. The standard InChI is InChI=1S/C23H22N4O4S/c1-4-27-14-19-20(26-27)11-16(23(28)25-22-10-5-15(2)13-24-22)12-21(19)31-17-6-8-18(9-7-17)32(3,29)30/h5-14H,4H2,1-3H3,(H,24,25,28). The number of hydrogen-bond donors (Lipinski definition) is 1. The minimum absolute atomic E-state index is 0.201. The predicted molar refractivity (Wildman–Crippen MR) is 122 cm³/mol. The number of aromatic nitrogens is 3. The minimum atomic E-state index is -3.31. The van der Waals surface area contributed by atoms with E-state index in [1.807, 2.05) is 26.1 Å². The number of nitrogens with zero attached hydrogens (tertiary/aromatic N) is 3. The molecular weight excluding hydrogens is 428 g/mol. The largest absolute Gasteiger partial charge is 0.457 e. The zero-order chi connectivity index (χ0) is 22.9. The lowest BCUT2D eigenvalue weighted by Crippen LogP contribution is -2.13. The van der Waals surface area contributed by atoms with Crippen molar-refractivity contribution in [2.45, 2.75) is 25.3 Å². The quantitative estimate of drug-likeness (QED) is 0.472. The van der Waals surface area contributed by atoms with Crippen LogP contribution in [0.5, 0.6) is 11.5 Å². The van der Waals surface area contributed by atoms with Gasteiger partial charge in [-0.15, -0.1) is 0 Å². The van der Waals surface area contributed by atoms with E-state index in [1.54, 1.807) is 41.2 Å². The van der Waals surface area contributed by atoms with Crippen LogP contribution in [-0.4, -0.2) is 35.3 Å². The van der Waals surface area contributed by atoms with Crippen molar-refractivity contribution >= 4 is 32.5 Å². The normalized spacial score (nSPS) is 11.5. The number of benzene rings is 2. The second kappa shape index (κ2) is 8.43. The predicted octanol–water partition coefficient (Wildman–Crippen LogP) is 4.21. The second-order valence-electron chi connectivity index (χ2n) is 7.41. The Morgan fingerprint density at radius 1 is 1.12 bits per heavy atom. The number of anilines is 1. The fourth-order valence-corrected chi connectivity index (χ4v) is 3.76. The van der Waals surface area contributed by atoms with E-state index in [2.05, 4.69) is 15.4 Å². The smallest absolute Gasteiger partial charge is 0.257 e. The molecule has 32 heavy (non-hydrogen) atoms. The molecule has 0 radical (unpaired) electrons. The van der Waals surface area contributed by atoms with E-state index in [-0.39, 0.29) is 10.8 Å². The number of sulfone groups is 1. The summed E-state index contributed by atoms with van der Waals surface area (Å²) in [6.07, 6.45) is 4.67. The van der Waals surface area contributed by atoms with Crippen molar-refractivity contribution in [3.05, 3.63) is 72.1 Å². The second-order valence-corrected chi connectivity index (χ2v) is 9.43. The fraction of sp³-hybridized carbons (Fsp3) is 0.174. The van der Waals surface area contributed by atoms with Crippen LogP contribution in [-0.2, 0) is 16.4 Å². The number of carbonyl (C=O) groups excluding carboxylic acids is 1. The first-order valence-corrected chi connectivity index (χ1v) is 11.9. The number of fused-ring (bicyclic) bond motifs is 1. The molecule has 0 saturated carbocycles. The number of nitrogens with one attached hydrogen (secondary N) is 1.